The summed E-state index contributed by atoms with van der Waals surface area (Å²) in [6, 6.07) is 0. The molecule has 16 heavy (non-hydrogen) atoms. The Kier molecular flexibility index (Phi) is 6.35. The molecule has 5 nitrogen and oxygen atoms in total. The molecule has 0 aromatic carbocycles. The lowest BCUT2D eigenvalue weighted by Gasteiger charge is -2.23. The Morgan fingerprint density at radius 1 is 1.25 bits per heavy atom. The second-order valence-corrected chi connectivity index (χ2v) is 4.11. The minimum Gasteiger partial charge on any atom is -0.369 e. The average Bonchev–Trinajstić information content (AvgIpc) is 2.21. The van der Waals surface area contributed by atoms with Crippen molar-refractivity contribution in [1.82, 2.24) is 10.2 Å². The van der Waals surface area contributed by atoms with E-state index in [4.69, 9.17) is 11.0 Å². The third-order valence-electron chi connectivity index (χ3n) is 2.83. The summed E-state index contributed by atoms with van der Waals surface area (Å²) in [5, 5.41) is 10.6. The molecule has 0 radical (unpaired) electrons. The van der Waals surface area contributed by atoms with E-state index in [2.05, 4.69) is 15.2 Å². The molecule has 0 aliphatic carbocycles. The highest BCUT2D eigenvalue weighted by Crippen LogP contribution is 2.09. The molecule has 0 amide bonds. The molecular formula is C11H21N5. The predicted molar refractivity (Wildman–Crippen MR) is 64.8 cm³/mol. The van der Waals surface area contributed by atoms with Crippen molar-refractivity contribution in [2.75, 3.05) is 26.2 Å². The largest absolute Gasteiger partial charge is 0.369 e. The van der Waals surface area contributed by atoms with Crippen LogP contribution in [0.2, 0.25) is 0 Å². The molecule has 3 N–H and O–H groups in total. The van der Waals surface area contributed by atoms with E-state index in [0.29, 0.717) is 6.54 Å². The standard InChI is InChI=1S/C11H21N5/c12-10-15-11(13)14-6-9-16-7-4-2-1-3-5-8-16/h1-9H2,(H3,13,14,15). The zero-order valence-electron chi connectivity index (χ0n) is 9.78. The first-order valence-electron chi connectivity index (χ1n) is 6.00. The predicted octanol–water partition coefficient (Wildman–Crippen LogP) is 0.638. The molecule has 0 aromatic heterocycles. The van der Waals surface area contributed by atoms with Crippen molar-refractivity contribution in [3.8, 4) is 6.19 Å². The number of nitrogens with two attached hydrogens (primary N) is 1. The molecule has 1 saturated heterocycles. The number of rotatable bonds is 3. The van der Waals surface area contributed by atoms with Gasteiger partial charge in [0.2, 0.25) is 5.96 Å². The fourth-order valence-electron chi connectivity index (χ4n) is 1.95. The van der Waals surface area contributed by atoms with Crippen LogP contribution >= 0.6 is 0 Å². The van der Waals surface area contributed by atoms with Crippen LogP contribution in [0.3, 0.4) is 0 Å². The van der Waals surface area contributed by atoms with Gasteiger partial charge in [-0.2, -0.15) is 5.26 Å². The Hall–Kier alpha value is -1.28. The lowest BCUT2D eigenvalue weighted by molar-refractivity contribution is 0.254. The molecule has 0 bridgehead atoms. The molecule has 5 heteroatoms. The van der Waals surface area contributed by atoms with Crippen molar-refractivity contribution in [3.05, 3.63) is 0 Å². The topological polar surface area (TPSA) is 77.4 Å². The van der Waals surface area contributed by atoms with E-state index in [0.717, 1.165) is 6.54 Å². The van der Waals surface area contributed by atoms with Gasteiger partial charge in [0, 0.05) is 6.54 Å². The molecule has 1 heterocycles. The summed E-state index contributed by atoms with van der Waals surface area (Å²) in [5.74, 6) is 0.217. The van der Waals surface area contributed by atoms with Crippen LogP contribution in [-0.2, 0) is 0 Å². The Bertz CT molecular complexity index is 248. The Morgan fingerprint density at radius 2 is 1.88 bits per heavy atom. The average molecular weight is 223 g/mol. The number of aliphatic imine (C=N–C) groups is 1. The summed E-state index contributed by atoms with van der Waals surface area (Å²) in [6.45, 7) is 3.94. The van der Waals surface area contributed by atoms with Crippen LogP contribution in [0, 0.1) is 11.5 Å². The highest BCUT2D eigenvalue weighted by molar-refractivity contribution is 5.79. The van der Waals surface area contributed by atoms with Crippen LogP contribution in [0.5, 0.6) is 0 Å². The third kappa shape index (κ3) is 5.56. The summed E-state index contributed by atoms with van der Waals surface area (Å²) >= 11 is 0. The number of nitrogens with one attached hydrogen (secondary N) is 1. The normalized spacial score (nSPS) is 19.6. The van der Waals surface area contributed by atoms with Crippen LogP contribution in [0.1, 0.15) is 32.1 Å². The van der Waals surface area contributed by atoms with Gasteiger partial charge in [0.1, 0.15) is 0 Å². The maximum absolute atomic E-state index is 8.32. The Morgan fingerprint density at radius 3 is 2.50 bits per heavy atom. The van der Waals surface area contributed by atoms with Gasteiger partial charge in [-0.25, -0.2) is 0 Å². The van der Waals surface area contributed by atoms with Crippen LogP contribution < -0.4 is 11.1 Å². The van der Waals surface area contributed by atoms with Crippen molar-refractivity contribution in [2.45, 2.75) is 32.1 Å². The summed E-state index contributed by atoms with van der Waals surface area (Å²) in [4.78, 5) is 6.51. The maximum atomic E-state index is 8.32. The minimum atomic E-state index is 0.217. The zero-order valence-corrected chi connectivity index (χ0v) is 9.78. The first-order chi connectivity index (χ1) is 7.83. The molecule has 1 rings (SSSR count). The lowest BCUT2D eigenvalue weighted by atomic mass is 10.1. The number of likely N-dealkylation sites (tertiary alicyclic amines) is 1. The lowest BCUT2D eigenvalue weighted by Crippen LogP contribution is -2.32. The van der Waals surface area contributed by atoms with E-state index in [-0.39, 0.29) is 5.96 Å². The monoisotopic (exact) mass is 223 g/mol. The van der Waals surface area contributed by atoms with E-state index in [1.807, 2.05) is 0 Å². The molecule has 1 fully saturated rings. The van der Waals surface area contributed by atoms with Crippen LogP contribution in [-0.4, -0.2) is 37.0 Å². The molecule has 0 atom stereocenters. The van der Waals surface area contributed by atoms with Crippen LogP contribution in [0.4, 0.5) is 0 Å². The molecule has 0 aromatic rings. The smallest absolute Gasteiger partial charge is 0.202 e. The van der Waals surface area contributed by atoms with E-state index in [1.165, 1.54) is 45.2 Å². The highest BCUT2D eigenvalue weighted by atomic mass is 15.1. The Balaban J connectivity index is 2.19. The van der Waals surface area contributed by atoms with Gasteiger partial charge in [-0.1, -0.05) is 19.3 Å². The molecule has 90 valence electrons. The van der Waals surface area contributed by atoms with Gasteiger partial charge in [0.05, 0.1) is 6.54 Å². The highest BCUT2D eigenvalue weighted by Gasteiger charge is 2.06. The summed E-state index contributed by atoms with van der Waals surface area (Å²) in [6.07, 6.45) is 8.40. The minimum absolute atomic E-state index is 0.217. The third-order valence-corrected chi connectivity index (χ3v) is 2.83. The number of guanidine groups is 1. The van der Waals surface area contributed by atoms with Crippen molar-refractivity contribution >= 4 is 5.96 Å². The number of nitrogens with zero attached hydrogens (tertiary/aromatic N) is 3. The number of hydrogen-bond acceptors (Lipinski definition) is 3. The summed E-state index contributed by atoms with van der Waals surface area (Å²) < 4.78 is 0. The molecule has 1 aliphatic rings. The van der Waals surface area contributed by atoms with Gasteiger partial charge >= 0.3 is 0 Å². The zero-order chi connectivity index (χ0) is 11.6. The number of hydrogen-bond donors (Lipinski definition) is 2. The van der Waals surface area contributed by atoms with Crippen molar-refractivity contribution in [3.63, 3.8) is 0 Å². The van der Waals surface area contributed by atoms with Gasteiger partial charge in [-0.05, 0) is 25.9 Å². The molecule has 0 unspecified atom stereocenters. The van der Waals surface area contributed by atoms with Crippen LogP contribution in [0.15, 0.2) is 4.99 Å². The fraction of sp³-hybridized carbons (Fsp3) is 0.818. The first kappa shape index (κ1) is 12.8. The van der Waals surface area contributed by atoms with Gasteiger partial charge in [0.15, 0.2) is 6.19 Å². The maximum Gasteiger partial charge on any atom is 0.202 e. The fourth-order valence-corrected chi connectivity index (χ4v) is 1.95. The van der Waals surface area contributed by atoms with Gasteiger partial charge in [0.25, 0.3) is 0 Å². The van der Waals surface area contributed by atoms with Gasteiger partial charge < -0.3 is 10.6 Å². The van der Waals surface area contributed by atoms with Crippen LogP contribution in [0.25, 0.3) is 0 Å². The quantitative estimate of drug-likeness (QED) is 0.318. The SMILES string of the molecule is N#CNC(N)=NCCN1CCCCCCC1. The van der Waals surface area contributed by atoms with E-state index in [9.17, 15) is 0 Å². The number of nitriles is 1. The first-order valence-corrected chi connectivity index (χ1v) is 6.00. The van der Waals surface area contributed by atoms with E-state index >= 15 is 0 Å². The molecule has 0 spiro atoms. The van der Waals surface area contributed by atoms with Gasteiger partial charge in [-0.15, -0.1) is 0 Å². The summed E-state index contributed by atoms with van der Waals surface area (Å²) in [7, 11) is 0. The van der Waals surface area contributed by atoms with Crippen molar-refractivity contribution < 1.29 is 0 Å². The second-order valence-electron chi connectivity index (χ2n) is 4.11. The van der Waals surface area contributed by atoms with E-state index in [1.54, 1.807) is 6.19 Å². The van der Waals surface area contributed by atoms with Crippen molar-refractivity contribution in [1.29, 1.82) is 5.26 Å². The molecular weight excluding hydrogens is 202 g/mol. The second kappa shape index (κ2) is 7.94. The van der Waals surface area contributed by atoms with Gasteiger partial charge in [-0.3, -0.25) is 10.3 Å². The summed E-state index contributed by atoms with van der Waals surface area (Å²) in [5.41, 5.74) is 5.45. The molecule has 0 saturated carbocycles. The Labute approximate surface area is 97.3 Å². The van der Waals surface area contributed by atoms with E-state index < -0.39 is 0 Å². The molecule has 1 aliphatic heterocycles. The van der Waals surface area contributed by atoms with Crippen molar-refractivity contribution in [2.24, 2.45) is 10.7 Å².